The van der Waals surface area contributed by atoms with Crippen LogP contribution in [0.4, 0.5) is 29.1 Å². The number of hydrogen-bond acceptors (Lipinski definition) is 6. The third kappa shape index (κ3) is 5.40. The molecule has 1 saturated heterocycles. The summed E-state index contributed by atoms with van der Waals surface area (Å²) in [5.41, 5.74) is -0.321. The van der Waals surface area contributed by atoms with Crippen molar-refractivity contribution in [2.24, 2.45) is 0 Å². The number of alkyl halides is 4. The molecule has 0 saturated carbocycles. The molecule has 7 nitrogen and oxygen atoms in total. The average molecular weight is 432 g/mol. The maximum atomic E-state index is 13.5. The molecule has 1 aromatic carbocycles. The minimum Gasteiger partial charge on any atom is -0.755 e. The van der Waals surface area contributed by atoms with Crippen molar-refractivity contribution >= 4 is 22.8 Å². The van der Waals surface area contributed by atoms with Crippen LogP contribution >= 0.6 is 0 Å². The molecule has 0 aliphatic carbocycles. The van der Waals surface area contributed by atoms with Gasteiger partial charge in [-0.05, 0) is 30.7 Å². The summed E-state index contributed by atoms with van der Waals surface area (Å²) in [7, 11) is 0. The highest BCUT2D eigenvalue weighted by molar-refractivity contribution is 7.80. The number of aryl methyl sites for hydroxylation is 1. The van der Waals surface area contributed by atoms with Crippen molar-refractivity contribution in [1.82, 2.24) is 15.5 Å². The van der Waals surface area contributed by atoms with Gasteiger partial charge < -0.3 is 19.9 Å². The minimum atomic E-state index is -4.63. The van der Waals surface area contributed by atoms with E-state index in [0.717, 1.165) is 12.1 Å². The highest BCUT2D eigenvalue weighted by Crippen LogP contribution is 2.36. The van der Waals surface area contributed by atoms with Gasteiger partial charge in [0.2, 0.25) is 0 Å². The van der Waals surface area contributed by atoms with Crippen LogP contribution in [0.2, 0.25) is 0 Å². The van der Waals surface area contributed by atoms with Crippen LogP contribution in [0.3, 0.4) is 0 Å². The van der Waals surface area contributed by atoms with Gasteiger partial charge in [0.15, 0.2) is 0 Å². The Morgan fingerprint density at radius 2 is 2.00 bits per heavy atom. The fraction of sp³-hybridized carbons (Fsp3) is 0.412. The Labute approximate surface area is 166 Å². The predicted molar refractivity (Wildman–Crippen MR) is 99.5 cm³/mol. The molecule has 3 atom stereocenters. The Bertz CT molecular complexity index is 912. The van der Waals surface area contributed by atoms with Crippen LogP contribution in [0.25, 0.3) is 11.3 Å². The van der Waals surface area contributed by atoms with Crippen molar-refractivity contribution in [3.05, 3.63) is 35.4 Å². The first-order valence-corrected chi connectivity index (χ1v) is 9.74. The summed E-state index contributed by atoms with van der Waals surface area (Å²) in [6, 6.07) is 4.13. The van der Waals surface area contributed by atoms with Crippen molar-refractivity contribution in [1.29, 1.82) is 0 Å². The van der Waals surface area contributed by atoms with Crippen LogP contribution in [-0.4, -0.2) is 44.3 Å². The molecule has 2 aromatic rings. The van der Waals surface area contributed by atoms with Crippen LogP contribution in [0, 0.1) is 6.92 Å². The van der Waals surface area contributed by atoms with E-state index in [2.05, 4.69) is 20.8 Å². The van der Waals surface area contributed by atoms with Crippen LogP contribution < -0.4 is 15.4 Å². The van der Waals surface area contributed by atoms with Gasteiger partial charge in [0.25, 0.3) is 0 Å². The van der Waals surface area contributed by atoms with E-state index < -0.39 is 29.2 Å². The Balaban J connectivity index is 1.90. The molecule has 3 N–H and O–H groups in total. The molecular formula is C17H18F4N5O2S-. The third-order valence-electron chi connectivity index (χ3n) is 4.43. The van der Waals surface area contributed by atoms with E-state index in [1.54, 1.807) is 13.0 Å². The Morgan fingerprint density at radius 3 is 2.62 bits per heavy atom. The van der Waals surface area contributed by atoms with Gasteiger partial charge in [-0.2, -0.15) is 13.2 Å². The summed E-state index contributed by atoms with van der Waals surface area (Å²) in [6.07, 6.45) is -5.28. The maximum Gasteiger partial charge on any atom is 0.416 e. The topological polar surface area (TPSA) is 102 Å². The van der Waals surface area contributed by atoms with Gasteiger partial charge in [0.1, 0.15) is 12.0 Å². The fourth-order valence-electron chi connectivity index (χ4n) is 3.13. The van der Waals surface area contributed by atoms with E-state index in [-0.39, 0.29) is 23.0 Å². The Hall–Kier alpha value is -2.31. The SMILES string of the molecule is Cc1cc(NC2CNCC(F)C2)nnc1-c1ccc(C(F)(F)F)cc1NS(=O)[O-]. The predicted octanol–water partition coefficient (Wildman–Crippen LogP) is 2.79. The molecule has 3 rings (SSSR count). The molecule has 29 heavy (non-hydrogen) atoms. The van der Waals surface area contributed by atoms with Gasteiger partial charge in [-0.1, -0.05) is 6.07 Å². The first kappa shape index (κ1) is 21.4. The molecule has 12 heteroatoms. The second-order valence-corrected chi connectivity index (χ2v) is 7.36. The second-order valence-electron chi connectivity index (χ2n) is 6.69. The Kier molecular flexibility index (Phi) is 6.34. The van der Waals surface area contributed by atoms with Crippen LogP contribution in [0.1, 0.15) is 17.5 Å². The lowest BCUT2D eigenvalue weighted by atomic mass is 10.0. The summed E-state index contributed by atoms with van der Waals surface area (Å²) in [5, 5.41) is 14.1. The number of anilines is 2. The molecule has 158 valence electrons. The lowest BCUT2D eigenvalue weighted by Crippen LogP contribution is -2.44. The molecule has 3 unspecified atom stereocenters. The molecule has 1 fully saturated rings. The van der Waals surface area contributed by atoms with Gasteiger partial charge >= 0.3 is 6.18 Å². The zero-order valence-electron chi connectivity index (χ0n) is 15.2. The summed E-state index contributed by atoms with van der Waals surface area (Å²) in [4.78, 5) is 0. The molecule has 0 amide bonds. The number of nitrogens with one attached hydrogen (secondary N) is 3. The van der Waals surface area contributed by atoms with Crippen LogP contribution in [0.15, 0.2) is 24.3 Å². The molecule has 1 aliphatic rings. The molecule has 2 heterocycles. The first-order chi connectivity index (χ1) is 13.6. The summed E-state index contributed by atoms with van der Waals surface area (Å²) >= 11 is -2.83. The second kappa shape index (κ2) is 8.59. The monoisotopic (exact) mass is 432 g/mol. The highest BCUT2D eigenvalue weighted by Gasteiger charge is 2.31. The lowest BCUT2D eigenvalue weighted by Gasteiger charge is -2.26. The fourth-order valence-corrected chi connectivity index (χ4v) is 3.48. The van der Waals surface area contributed by atoms with Crippen LogP contribution in [0.5, 0.6) is 0 Å². The maximum absolute atomic E-state index is 13.5. The summed E-state index contributed by atoms with van der Waals surface area (Å²) in [5.74, 6) is 0.390. The van der Waals surface area contributed by atoms with Gasteiger partial charge in [0.05, 0.1) is 16.9 Å². The number of nitrogens with zero attached hydrogens (tertiary/aromatic N) is 2. The smallest absolute Gasteiger partial charge is 0.416 e. The van der Waals surface area contributed by atoms with E-state index in [4.69, 9.17) is 0 Å². The summed E-state index contributed by atoms with van der Waals surface area (Å²) < 4.78 is 76.4. The third-order valence-corrected chi connectivity index (χ3v) is 4.82. The standard InChI is InChI=1S/C17H19F4N5O2S/c1-9-4-15(23-12-6-11(18)7-22-8-12)24-25-16(9)13-3-2-10(17(19,20)21)5-14(13)26-29(27)28/h2-5,11-12,22,26H,6-8H2,1H3,(H,23,24)(H,27,28)/p-1. The van der Waals surface area contributed by atoms with Gasteiger partial charge in [-0.15, -0.1) is 10.2 Å². The largest absolute Gasteiger partial charge is 0.755 e. The highest BCUT2D eigenvalue weighted by atomic mass is 32.2. The number of piperidine rings is 1. The van der Waals surface area contributed by atoms with Gasteiger partial charge in [0, 0.05) is 42.4 Å². The average Bonchev–Trinajstić information content (AvgIpc) is 2.61. The van der Waals surface area contributed by atoms with Crippen LogP contribution in [-0.2, 0) is 17.4 Å². The lowest BCUT2D eigenvalue weighted by molar-refractivity contribution is -0.137. The number of halogens is 4. The van der Waals surface area contributed by atoms with Gasteiger partial charge in [-0.25, -0.2) is 4.39 Å². The summed E-state index contributed by atoms with van der Waals surface area (Å²) in [6.45, 7) is 2.53. The number of rotatable bonds is 5. The molecule has 0 bridgehead atoms. The van der Waals surface area contributed by atoms with E-state index in [1.807, 2.05) is 4.72 Å². The van der Waals surface area contributed by atoms with Crippen molar-refractivity contribution < 1.29 is 26.3 Å². The quantitative estimate of drug-likeness (QED) is 0.496. The molecule has 1 aromatic heterocycles. The molecule has 1 aliphatic heterocycles. The normalized spacial score (nSPS) is 20.9. The van der Waals surface area contributed by atoms with E-state index in [0.29, 0.717) is 37.0 Å². The number of aromatic nitrogens is 2. The van der Waals surface area contributed by atoms with E-state index in [1.165, 1.54) is 0 Å². The zero-order valence-corrected chi connectivity index (χ0v) is 16.0. The van der Waals surface area contributed by atoms with Crippen molar-refractivity contribution in [2.45, 2.75) is 31.7 Å². The number of hydrogen-bond donors (Lipinski definition) is 3. The van der Waals surface area contributed by atoms with Gasteiger partial charge in [-0.3, -0.25) is 4.21 Å². The van der Waals surface area contributed by atoms with Crippen molar-refractivity contribution in [3.63, 3.8) is 0 Å². The van der Waals surface area contributed by atoms with Crippen molar-refractivity contribution in [3.8, 4) is 11.3 Å². The van der Waals surface area contributed by atoms with Crippen molar-refractivity contribution in [2.75, 3.05) is 23.1 Å². The molecule has 0 radical (unpaired) electrons. The zero-order chi connectivity index (χ0) is 21.2. The molecular weight excluding hydrogens is 414 g/mol. The molecule has 0 spiro atoms. The van der Waals surface area contributed by atoms with E-state index in [9.17, 15) is 26.3 Å². The van der Waals surface area contributed by atoms with E-state index >= 15 is 0 Å². The first-order valence-electron chi connectivity index (χ1n) is 8.66. The minimum absolute atomic E-state index is 0.155. The number of benzene rings is 1. The Morgan fingerprint density at radius 1 is 1.24 bits per heavy atom.